The van der Waals surface area contributed by atoms with E-state index >= 15 is 0 Å². The van der Waals surface area contributed by atoms with Gasteiger partial charge >= 0.3 is 88.7 Å². The van der Waals surface area contributed by atoms with Crippen molar-refractivity contribution in [2.24, 2.45) is 0 Å². The average Bonchev–Trinajstić information content (AvgIpc) is 3.89. The van der Waals surface area contributed by atoms with Gasteiger partial charge in [-0.25, -0.2) is 4.98 Å². The van der Waals surface area contributed by atoms with E-state index in [1.807, 2.05) is 60.7 Å². The summed E-state index contributed by atoms with van der Waals surface area (Å²) in [7, 11) is 0. The van der Waals surface area contributed by atoms with E-state index in [1.165, 1.54) is 4.90 Å². The summed E-state index contributed by atoms with van der Waals surface area (Å²) in [5.41, 5.74) is 2.59. The Morgan fingerprint density at radius 3 is 2.22 bits per heavy atom. The van der Waals surface area contributed by atoms with E-state index in [4.69, 9.17) is 23.4 Å². The van der Waals surface area contributed by atoms with Gasteiger partial charge in [0.1, 0.15) is 23.6 Å². The molecule has 0 bridgehead atoms. The Labute approximate surface area is 380 Å². The Bertz CT molecular complexity index is 2200. The largest absolute Gasteiger partial charge is 1.00 e. The Hall–Kier alpha value is -3.25. The Kier molecular flexibility index (Phi) is 15.2. The maximum Gasteiger partial charge on any atom is 1.00 e. The second-order valence-electron chi connectivity index (χ2n) is 12.4. The number of fused-ring (bicyclic) bond motifs is 3. The number of allylic oxidation sites excluding steroid dienone is 1. The molecule has 5 aromatic rings. The Morgan fingerprint density at radius 1 is 0.836 bits per heavy atom. The molecular weight excluding hydrogens is 745 g/mol. The van der Waals surface area contributed by atoms with E-state index in [-0.39, 0.29) is 108 Å². The predicted molar refractivity (Wildman–Crippen MR) is 174 cm³/mol. The van der Waals surface area contributed by atoms with Crippen molar-refractivity contribution in [1.82, 2.24) is 9.88 Å². The molecule has 0 N–H and O–H groups in total. The van der Waals surface area contributed by atoms with Crippen molar-refractivity contribution >= 4 is 51.8 Å². The molecule has 2 aliphatic heterocycles. The minimum absolute atomic E-state index is 0. The van der Waals surface area contributed by atoms with Crippen LogP contribution < -0.4 is 113 Å². The van der Waals surface area contributed by atoms with E-state index in [0.29, 0.717) is 39.6 Å². The van der Waals surface area contributed by atoms with Gasteiger partial charge in [0, 0.05) is 18.5 Å². The molecule has 1 amide bonds. The van der Waals surface area contributed by atoms with Gasteiger partial charge in [0.25, 0.3) is 11.7 Å². The SMILES string of the molecule is C[C@@H]([C@H](C/C=C/c1nc2ccccc2o1)c1ccc2c(c1)OCO2)N(Cc1ccc2ccccc2c1)C(=O)[C@H]1OC(C(=O)[O-])(C(=O)[O-])O[C@@H]1C(=O)[O-].[Na+].[Na+].[Na+]. The van der Waals surface area contributed by atoms with E-state index < -0.39 is 53.8 Å². The van der Waals surface area contributed by atoms with Crippen LogP contribution in [0.25, 0.3) is 27.9 Å². The number of para-hydroxylation sites is 2. The van der Waals surface area contributed by atoms with Gasteiger partial charge < -0.3 is 58.0 Å². The van der Waals surface area contributed by atoms with Crippen molar-refractivity contribution in [3.8, 4) is 11.5 Å². The summed E-state index contributed by atoms with van der Waals surface area (Å²) < 4.78 is 26.9. The van der Waals surface area contributed by atoms with Crippen molar-refractivity contribution in [1.29, 1.82) is 0 Å². The van der Waals surface area contributed by atoms with Crippen LogP contribution in [-0.2, 0) is 35.2 Å². The van der Waals surface area contributed by atoms with Crippen molar-refractivity contribution in [2.75, 3.05) is 6.79 Å². The quantitative estimate of drug-likeness (QED) is 0.0855. The smallest absolute Gasteiger partial charge is 0.547 e. The monoisotopic (exact) mass is 774 g/mol. The number of benzene rings is 4. The van der Waals surface area contributed by atoms with Gasteiger partial charge in [-0.15, -0.1) is 0 Å². The maximum atomic E-state index is 14.5. The maximum absolute atomic E-state index is 14.5. The summed E-state index contributed by atoms with van der Waals surface area (Å²) in [6, 6.07) is 24.8. The molecular formula is C38H29N2Na3O12. The molecule has 4 atom stereocenters. The van der Waals surface area contributed by atoms with Gasteiger partial charge in [-0.2, -0.15) is 0 Å². The van der Waals surface area contributed by atoms with E-state index in [9.17, 15) is 34.5 Å². The number of aliphatic carboxylic acids is 3. The van der Waals surface area contributed by atoms with Crippen LogP contribution in [0.4, 0.5) is 0 Å². The molecule has 0 aliphatic carbocycles. The number of carbonyl (C=O) groups excluding carboxylic acids is 4. The summed E-state index contributed by atoms with van der Waals surface area (Å²) >= 11 is 0. The number of carboxylic acids is 3. The molecule has 3 heterocycles. The molecule has 1 fully saturated rings. The standard InChI is InChI=1S/C38H32N2O12.3Na/c1-21(26(25-15-16-29-30(18-25)49-20-48-29)9-6-12-31-39-27-10-4-5-11-28(27)50-31)40(19-22-13-14-23-7-2-3-8-24(23)17-22)34(41)32-33(35(42)43)52-38(51-32,36(44)45)37(46)47;;;/h2-8,10-18,21,26,32-33H,9,19-20H2,1H3,(H,42,43)(H,44,45)(H,46,47);;;/q;3*+1/p-3/b12-6+;;;/t21-,26-,32-,33-;;;/m0.../s1. The minimum atomic E-state index is -3.68. The molecule has 4 aromatic carbocycles. The first-order valence-electron chi connectivity index (χ1n) is 16.2. The first-order chi connectivity index (χ1) is 25.0. The number of ether oxygens (including phenoxy) is 4. The third-order valence-corrected chi connectivity index (χ3v) is 9.18. The third kappa shape index (κ3) is 9.16. The molecule has 266 valence electrons. The fourth-order valence-corrected chi connectivity index (χ4v) is 6.51. The van der Waals surface area contributed by atoms with Crippen LogP contribution >= 0.6 is 0 Å². The Morgan fingerprint density at radius 2 is 1.51 bits per heavy atom. The van der Waals surface area contributed by atoms with Crippen LogP contribution in [0.15, 0.2) is 95.4 Å². The summed E-state index contributed by atoms with van der Waals surface area (Å²) in [6.45, 7) is 1.60. The predicted octanol–water partition coefficient (Wildman–Crippen LogP) is -7.94. The number of nitrogens with zero attached hydrogens (tertiary/aromatic N) is 2. The molecule has 1 aromatic heterocycles. The zero-order valence-corrected chi connectivity index (χ0v) is 36.5. The zero-order valence-electron chi connectivity index (χ0n) is 30.5. The van der Waals surface area contributed by atoms with Gasteiger partial charge in [0.2, 0.25) is 12.7 Å². The first kappa shape index (κ1) is 44.5. The van der Waals surface area contributed by atoms with Crippen molar-refractivity contribution in [2.45, 2.75) is 49.8 Å². The summed E-state index contributed by atoms with van der Waals surface area (Å²) in [5, 5.41) is 37.8. The van der Waals surface area contributed by atoms with Crippen LogP contribution in [0.5, 0.6) is 11.5 Å². The molecule has 14 nitrogen and oxygen atoms in total. The van der Waals surface area contributed by atoms with Gasteiger partial charge in [-0.1, -0.05) is 60.7 Å². The molecule has 55 heavy (non-hydrogen) atoms. The molecule has 7 rings (SSSR count). The van der Waals surface area contributed by atoms with Crippen LogP contribution in [0.1, 0.15) is 36.3 Å². The second kappa shape index (κ2) is 18.8. The fraction of sp³-hybridized carbons (Fsp3) is 0.237. The minimum Gasteiger partial charge on any atom is -0.547 e. The summed E-state index contributed by atoms with van der Waals surface area (Å²) in [5.74, 6) is -10.9. The number of carboxylic acid groups (broad SMARTS) is 3. The second-order valence-corrected chi connectivity index (χ2v) is 12.4. The molecule has 0 spiro atoms. The summed E-state index contributed by atoms with van der Waals surface area (Å²) in [6.07, 6.45) is -0.925. The normalized spacial score (nSPS) is 17.8. The van der Waals surface area contributed by atoms with Crippen molar-refractivity contribution < 1.29 is 147 Å². The van der Waals surface area contributed by atoms with Gasteiger partial charge in [0.15, 0.2) is 23.2 Å². The van der Waals surface area contributed by atoms with Crippen molar-refractivity contribution in [3.05, 3.63) is 108 Å². The molecule has 1 saturated heterocycles. The number of hydrogen-bond acceptors (Lipinski definition) is 13. The van der Waals surface area contributed by atoms with E-state index in [1.54, 1.807) is 43.3 Å². The average molecular weight is 775 g/mol. The molecule has 0 saturated carbocycles. The van der Waals surface area contributed by atoms with E-state index in [0.717, 1.165) is 10.8 Å². The number of oxazole rings is 1. The third-order valence-electron chi connectivity index (χ3n) is 9.18. The number of aromatic nitrogens is 1. The molecule has 0 radical (unpaired) electrons. The number of carbonyl (C=O) groups is 4. The van der Waals surface area contributed by atoms with Crippen LogP contribution in [0, 0.1) is 0 Å². The first-order valence-corrected chi connectivity index (χ1v) is 16.2. The number of rotatable bonds is 12. The van der Waals surface area contributed by atoms with Gasteiger partial charge in [0.05, 0.1) is 5.97 Å². The van der Waals surface area contributed by atoms with Crippen LogP contribution in [0.3, 0.4) is 0 Å². The van der Waals surface area contributed by atoms with Gasteiger partial charge in [-0.05, 0) is 71.7 Å². The number of amides is 1. The molecule has 2 aliphatic rings. The fourth-order valence-electron chi connectivity index (χ4n) is 6.51. The summed E-state index contributed by atoms with van der Waals surface area (Å²) in [4.78, 5) is 56.4. The van der Waals surface area contributed by atoms with Crippen LogP contribution in [0.2, 0.25) is 0 Å². The van der Waals surface area contributed by atoms with Crippen LogP contribution in [-0.4, -0.2) is 64.5 Å². The number of hydrogen-bond donors (Lipinski definition) is 0. The molecule has 0 unspecified atom stereocenters. The van der Waals surface area contributed by atoms with Gasteiger partial charge in [-0.3, -0.25) is 4.79 Å². The van der Waals surface area contributed by atoms with Crippen molar-refractivity contribution in [3.63, 3.8) is 0 Å². The zero-order chi connectivity index (χ0) is 36.6. The molecule has 17 heteroatoms. The topological polar surface area (TPSA) is 204 Å². The van der Waals surface area contributed by atoms with E-state index in [2.05, 4.69) is 4.98 Å². The Balaban J connectivity index is 0.00000224.